The number of aliphatic hydroxyl groups excluding tert-OH is 1. The van der Waals surface area contributed by atoms with Gasteiger partial charge in [-0.05, 0) is 22.0 Å². The third kappa shape index (κ3) is 2.29. The highest BCUT2D eigenvalue weighted by Crippen LogP contribution is 2.25. The number of aliphatic hydroxyl groups is 1. The van der Waals surface area contributed by atoms with Crippen LogP contribution in [0.5, 0.6) is 0 Å². The van der Waals surface area contributed by atoms with Crippen molar-refractivity contribution in [3.05, 3.63) is 38.3 Å². The Balaban J connectivity index is 2.27. The van der Waals surface area contributed by atoms with E-state index >= 15 is 0 Å². The lowest BCUT2D eigenvalue weighted by atomic mass is 10.1. The number of amides is 1. The summed E-state index contributed by atoms with van der Waals surface area (Å²) in [5, 5.41) is 19.7. The van der Waals surface area contributed by atoms with E-state index < -0.39 is 11.0 Å². The number of hydrogen-bond acceptors (Lipinski definition) is 4. The molecule has 0 radical (unpaired) electrons. The molecule has 90 valence electrons. The maximum atomic E-state index is 11.9. The molecule has 1 heterocycles. The number of non-ortho nitro benzene ring substituents is 1. The molecule has 0 aromatic heterocycles. The average molecular weight is 301 g/mol. The number of hydrogen-bond donors (Lipinski definition) is 1. The molecule has 0 bridgehead atoms. The molecule has 6 nitrogen and oxygen atoms in total. The summed E-state index contributed by atoms with van der Waals surface area (Å²) in [4.78, 5) is 23.4. The van der Waals surface area contributed by atoms with E-state index in [9.17, 15) is 14.9 Å². The molecule has 0 spiro atoms. The second-order valence-corrected chi connectivity index (χ2v) is 4.64. The fourth-order valence-corrected chi connectivity index (χ4v) is 2.00. The van der Waals surface area contributed by atoms with Crippen LogP contribution >= 0.6 is 15.9 Å². The number of halogens is 1. The normalized spacial score (nSPS) is 15.5. The molecule has 1 aliphatic heterocycles. The molecule has 1 saturated heterocycles. The lowest BCUT2D eigenvalue weighted by Crippen LogP contribution is -2.53. The van der Waals surface area contributed by atoms with Gasteiger partial charge >= 0.3 is 0 Å². The SMILES string of the molecule is O=C(c1cc([N+](=O)[O-])ccc1Br)N1CC(O)C1. The second kappa shape index (κ2) is 4.42. The molecule has 17 heavy (non-hydrogen) atoms. The highest BCUT2D eigenvalue weighted by atomic mass is 79.9. The zero-order chi connectivity index (χ0) is 12.6. The molecule has 1 fully saturated rings. The Bertz CT molecular complexity index is 485. The zero-order valence-corrected chi connectivity index (χ0v) is 10.3. The molecule has 0 unspecified atom stereocenters. The number of benzene rings is 1. The molecule has 0 saturated carbocycles. The summed E-state index contributed by atoms with van der Waals surface area (Å²) in [6, 6.07) is 4.03. The minimum atomic E-state index is -0.547. The largest absolute Gasteiger partial charge is 0.389 e. The van der Waals surface area contributed by atoms with Crippen LogP contribution in [-0.4, -0.2) is 40.0 Å². The number of likely N-dealkylation sites (tertiary alicyclic amines) is 1. The summed E-state index contributed by atoms with van der Waals surface area (Å²) in [5.41, 5.74) is 0.115. The highest BCUT2D eigenvalue weighted by molar-refractivity contribution is 9.10. The lowest BCUT2D eigenvalue weighted by Gasteiger charge is -2.36. The van der Waals surface area contributed by atoms with E-state index in [0.717, 1.165) is 0 Å². The monoisotopic (exact) mass is 300 g/mol. The zero-order valence-electron chi connectivity index (χ0n) is 8.67. The average Bonchev–Trinajstić information content (AvgIpc) is 2.24. The number of nitro benzene ring substituents is 1. The minimum Gasteiger partial charge on any atom is -0.389 e. The van der Waals surface area contributed by atoms with E-state index in [2.05, 4.69) is 15.9 Å². The first-order valence-electron chi connectivity index (χ1n) is 4.90. The summed E-state index contributed by atoms with van der Waals surface area (Å²) >= 11 is 3.18. The lowest BCUT2D eigenvalue weighted by molar-refractivity contribution is -0.384. The second-order valence-electron chi connectivity index (χ2n) is 3.79. The topological polar surface area (TPSA) is 83.7 Å². The van der Waals surface area contributed by atoms with Crippen LogP contribution in [0, 0.1) is 10.1 Å². The van der Waals surface area contributed by atoms with Crippen molar-refractivity contribution in [3.8, 4) is 0 Å². The molecule has 0 atom stereocenters. The van der Waals surface area contributed by atoms with Gasteiger partial charge in [-0.2, -0.15) is 0 Å². The molecule has 0 aliphatic carbocycles. The Labute approximate surface area is 105 Å². The predicted octanol–water partition coefficient (Wildman–Crippen LogP) is 1.17. The van der Waals surface area contributed by atoms with Crippen molar-refractivity contribution >= 4 is 27.5 Å². The fourth-order valence-electron chi connectivity index (χ4n) is 1.58. The van der Waals surface area contributed by atoms with Gasteiger partial charge in [0, 0.05) is 29.7 Å². The van der Waals surface area contributed by atoms with Crippen LogP contribution in [0.15, 0.2) is 22.7 Å². The van der Waals surface area contributed by atoms with Crippen LogP contribution < -0.4 is 0 Å². The van der Waals surface area contributed by atoms with Crippen molar-refractivity contribution < 1.29 is 14.8 Å². The van der Waals surface area contributed by atoms with Crippen molar-refractivity contribution in [1.82, 2.24) is 4.90 Å². The number of carbonyl (C=O) groups is 1. The van der Waals surface area contributed by atoms with E-state index in [4.69, 9.17) is 5.11 Å². The van der Waals surface area contributed by atoms with Gasteiger partial charge in [0.25, 0.3) is 11.6 Å². The van der Waals surface area contributed by atoms with Gasteiger partial charge in [-0.1, -0.05) is 0 Å². The Morgan fingerprint density at radius 1 is 1.53 bits per heavy atom. The van der Waals surface area contributed by atoms with Gasteiger partial charge in [0.1, 0.15) is 0 Å². The van der Waals surface area contributed by atoms with Crippen LogP contribution in [0.2, 0.25) is 0 Å². The minimum absolute atomic E-state index is 0.127. The van der Waals surface area contributed by atoms with E-state index in [1.165, 1.54) is 23.1 Å². The van der Waals surface area contributed by atoms with E-state index in [1.807, 2.05) is 0 Å². The van der Waals surface area contributed by atoms with E-state index in [-0.39, 0.29) is 30.2 Å². The number of nitro groups is 1. The van der Waals surface area contributed by atoms with Crippen LogP contribution in [0.25, 0.3) is 0 Å². The molecule has 1 amide bonds. The Morgan fingerprint density at radius 2 is 2.18 bits per heavy atom. The van der Waals surface area contributed by atoms with Gasteiger partial charge in [0.2, 0.25) is 0 Å². The highest BCUT2D eigenvalue weighted by Gasteiger charge is 2.31. The van der Waals surface area contributed by atoms with Crippen LogP contribution in [0.1, 0.15) is 10.4 Å². The van der Waals surface area contributed by atoms with Crippen molar-refractivity contribution in [3.63, 3.8) is 0 Å². The van der Waals surface area contributed by atoms with Gasteiger partial charge in [-0.15, -0.1) is 0 Å². The molecule has 1 aliphatic rings. The number of rotatable bonds is 2. The molecule has 1 N–H and O–H groups in total. The van der Waals surface area contributed by atoms with Gasteiger partial charge in [0.05, 0.1) is 16.6 Å². The van der Waals surface area contributed by atoms with Gasteiger partial charge in [-0.25, -0.2) is 0 Å². The fraction of sp³-hybridized carbons (Fsp3) is 0.300. The number of carbonyl (C=O) groups excluding carboxylic acids is 1. The maximum absolute atomic E-state index is 11.9. The maximum Gasteiger partial charge on any atom is 0.270 e. The molecule has 1 aromatic carbocycles. The third-order valence-electron chi connectivity index (χ3n) is 2.54. The summed E-state index contributed by atoms with van der Waals surface area (Å²) in [5.74, 6) is -0.314. The predicted molar refractivity (Wildman–Crippen MR) is 62.7 cm³/mol. The van der Waals surface area contributed by atoms with Crippen molar-refractivity contribution in [2.75, 3.05) is 13.1 Å². The first-order chi connectivity index (χ1) is 7.99. The van der Waals surface area contributed by atoms with Crippen LogP contribution in [0.3, 0.4) is 0 Å². The smallest absolute Gasteiger partial charge is 0.270 e. The van der Waals surface area contributed by atoms with Gasteiger partial charge < -0.3 is 10.0 Å². The Morgan fingerprint density at radius 3 is 2.71 bits per heavy atom. The molecule has 1 aromatic rings. The van der Waals surface area contributed by atoms with Crippen molar-refractivity contribution in [1.29, 1.82) is 0 Å². The molecular formula is C10H9BrN2O4. The Hall–Kier alpha value is -1.47. The summed E-state index contributed by atoms with van der Waals surface area (Å²) in [6.45, 7) is 0.544. The van der Waals surface area contributed by atoms with E-state index in [0.29, 0.717) is 4.47 Å². The first-order valence-corrected chi connectivity index (χ1v) is 5.69. The van der Waals surface area contributed by atoms with Crippen LogP contribution in [0.4, 0.5) is 5.69 Å². The van der Waals surface area contributed by atoms with Gasteiger partial charge in [0.15, 0.2) is 0 Å². The summed E-state index contributed by atoms with van der Waals surface area (Å²) < 4.78 is 0.509. The quantitative estimate of drug-likeness (QED) is 0.656. The number of β-amino-alcohol motifs (C(OH)–C–C–N with tert-alkyl or cyclic N) is 1. The standard InChI is InChI=1S/C10H9BrN2O4/c11-9-2-1-6(13(16)17)3-8(9)10(15)12-4-7(14)5-12/h1-3,7,14H,4-5H2. The first kappa shape index (κ1) is 12.0. The van der Waals surface area contributed by atoms with Gasteiger partial charge in [-0.3, -0.25) is 14.9 Å². The molecular weight excluding hydrogens is 292 g/mol. The third-order valence-corrected chi connectivity index (χ3v) is 3.23. The van der Waals surface area contributed by atoms with Crippen molar-refractivity contribution in [2.24, 2.45) is 0 Å². The summed E-state index contributed by atoms with van der Waals surface area (Å²) in [7, 11) is 0. The van der Waals surface area contributed by atoms with Crippen LogP contribution in [-0.2, 0) is 0 Å². The number of nitrogens with zero attached hydrogens (tertiary/aromatic N) is 2. The molecule has 7 heteroatoms. The molecule has 2 rings (SSSR count). The Kier molecular flexibility index (Phi) is 3.12. The summed E-state index contributed by atoms with van der Waals surface area (Å²) in [6.07, 6.45) is -0.489. The van der Waals surface area contributed by atoms with Crippen molar-refractivity contribution in [2.45, 2.75) is 6.10 Å². The van der Waals surface area contributed by atoms with E-state index in [1.54, 1.807) is 0 Å².